The number of hydrogen-bond donors (Lipinski definition) is 1. The number of hydrogen-bond acceptors (Lipinski definition) is 4. The zero-order valence-corrected chi connectivity index (χ0v) is 15.6. The molecule has 2 saturated heterocycles. The SMILES string of the molecule is O=C(CCC(=O)N1CCOCC1)N[C@H](CN1CCCC1=O)c1ccccc1. The fraction of sp³-hybridized carbons (Fsp3) is 0.550. The highest BCUT2D eigenvalue weighted by Crippen LogP contribution is 2.19. The van der Waals surface area contributed by atoms with Crippen LogP contribution in [-0.4, -0.2) is 66.9 Å². The van der Waals surface area contributed by atoms with Crippen molar-refractivity contribution in [2.24, 2.45) is 0 Å². The maximum atomic E-state index is 12.5. The van der Waals surface area contributed by atoms with Gasteiger partial charge < -0.3 is 19.9 Å². The van der Waals surface area contributed by atoms with Gasteiger partial charge >= 0.3 is 0 Å². The van der Waals surface area contributed by atoms with Gasteiger partial charge in [-0.2, -0.15) is 0 Å². The van der Waals surface area contributed by atoms with E-state index in [1.807, 2.05) is 30.3 Å². The molecule has 1 atom stereocenters. The number of morpholine rings is 1. The molecule has 0 aromatic heterocycles. The molecule has 1 aromatic rings. The maximum absolute atomic E-state index is 12.5. The van der Waals surface area contributed by atoms with Gasteiger partial charge in [0, 0.05) is 45.4 Å². The third kappa shape index (κ3) is 5.53. The molecule has 1 aromatic carbocycles. The second-order valence-corrected chi connectivity index (χ2v) is 6.97. The lowest BCUT2D eigenvalue weighted by molar-refractivity contribution is -0.137. The monoisotopic (exact) mass is 373 g/mol. The van der Waals surface area contributed by atoms with Crippen LogP contribution in [0.4, 0.5) is 0 Å². The molecule has 146 valence electrons. The number of ether oxygens (including phenoxy) is 1. The highest BCUT2D eigenvalue weighted by atomic mass is 16.5. The quantitative estimate of drug-likeness (QED) is 0.776. The van der Waals surface area contributed by atoms with E-state index in [9.17, 15) is 14.4 Å². The predicted octanol–water partition coefficient (Wildman–Crippen LogP) is 1.11. The molecule has 2 heterocycles. The summed E-state index contributed by atoms with van der Waals surface area (Å²) >= 11 is 0. The molecule has 2 aliphatic heterocycles. The largest absolute Gasteiger partial charge is 0.378 e. The zero-order valence-electron chi connectivity index (χ0n) is 15.6. The van der Waals surface area contributed by atoms with Crippen LogP contribution in [0.5, 0.6) is 0 Å². The summed E-state index contributed by atoms with van der Waals surface area (Å²) in [5.74, 6) is -0.0517. The summed E-state index contributed by atoms with van der Waals surface area (Å²) in [6.07, 6.45) is 1.77. The molecule has 1 N–H and O–H groups in total. The first-order chi connectivity index (χ1) is 13.1. The van der Waals surface area contributed by atoms with Crippen LogP contribution < -0.4 is 5.32 Å². The summed E-state index contributed by atoms with van der Waals surface area (Å²) in [6.45, 7) is 3.48. The summed E-state index contributed by atoms with van der Waals surface area (Å²) in [4.78, 5) is 40.2. The highest BCUT2D eigenvalue weighted by Gasteiger charge is 2.25. The van der Waals surface area contributed by atoms with Crippen molar-refractivity contribution in [3.8, 4) is 0 Å². The lowest BCUT2D eigenvalue weighted by Gasteiger charge is -2.27. The van der Waals surface area contributed by atoms with Gasteiger partial charge in [-0.25, -0.2) is 0 Å². The van der Waals surface area contributed by atoms with Gasteiger partial charge in [0.2, 0.25) is 17.7 Å². The predicted molar refractivity (Wildman–Crippen MR) is 99.8 cm³/mol. The summed E-state index contributed by atoms with van der Waals surface area (Å²) in [5, 5.41) is 3.01. The Morgan fingerprint density at radius 3 is 2.48 bits per heavy atom. The van der Waals surface area contributed by atoms with Crippen molar-refractivity contribution in [3.63, 3.8) is 0 Å². The number of carbonyl (C=O) groups is 3. The first-order valence-electron chi connectivity index (χ1n) is 9.61. The van der Waals surface area contributed by atoms with Crippen LogP contribution in [0, 0.1) is 0 Å². The Labute approximate surface area is 159 Å². The number of rotatable bonds is 7. The van der Waals surface area contributed by atoms with E-state index in [1.54, 1.807) is 9.80 Å². The van der Waals surface area contributed by atoms with E-state index in [0.717, 1.165) is 18.5 Å². The molecule has 7 nitrogen and oxygen atoms in total. The Morgan fingerprint density at radius 2 is 1.81 bits per heavy atom. The zero-order chi connectivity index (χ0) is 19.1. The van der Waals surface area contributed by atoms with E-state index in [1.165, 1.54) is 0 Å². The second-order valence-electron chi connectivity index (χ2n) is 6.97. The minimum Gasteiger partial charge on any atom is -0.378 e. The molecular weight excluding hydrogens is 346 g/mol. The Bertz CT molecular complexity index is 658. The van der Waals surface area contributed by atoms with E-state index in [4.69, 9.17) is 4.74 Å². The van der Waals surface area contributed by atoms with Gasteiger partial charge in [-0.1, -0.05) is 30.3 Å². The lowest BCUT2D eigenvalue weighted by Crippen LogP contribution is -2.41. The van der Waals surface area contributed by atoms with Crippen molar-refractivity contribution >= 4 is 17.7 Å². The third-order valence-electron chi connectivity index (χ3n) is 5.04. The number of likely N-dealkylation sites (tertiary alicyclic amines) is 1. The molecule has 3 amide bonds. The Hall–Kier alpha value is -2.41. The average Bonchev–Trinajstić information content (AvgIpc) is 3.11. The van der Waals surface area contributed by atoms with Crippen molar-refractivity contribution in [2.45, 2.75) is 31.7 Å². The van der Waals surface area contributed by atoms with Crippen LogP contribution >= 0.6 is 0 Å². The molecule has 0 aliphatic carbocycles. The molecule has 2 fully saturated rings. The average molecular weight is 373 g/mol. The van der Waals surface area contributed by atoms with Gasteiger partial charge in [0.25, 0.3) is 0 Å². The molecule has 0 bridgehead atoms. The van der Waals surface area contributed by atoms with Crippen LogP contribution in [-0.2, 0) is 19.1 Å². The Balaban J connectivity index is 1.55. The van der Waals surface area contributed by atoms with E-state index < -0.39 is 0 Å². The van der Waals surface area contributed by atoms with E-state index in [2.05, 4.69) is 5.32 Å². The number of carbonyl (C=O) groups excluding carboxylic acids is 3. The van der Waals surface area contributed by atoms with Gasteiger partial charge in [-0.3, -0.25) is 14.4 Å². The number of nitrogens with zero attached hydrogens (tertiary/aromatic N) is 2. The van der Waals surface area contributed by atoms with E-state index in [0.29, 0.717) is 39.3 Å². The van der Waals surface area contributed by atoms with Crippen LogP contribution in [0.15, 0.2) is 30.3 Å². The molecule has 0 spiro atoms. The topological polar surface area (TPSA) is 79.0 Å². The maximum Gasteiger partial charge on any atom is 0.223 e. The first-order valence-corrected chi connectivity index (χ1v) is 9.61. The third-order valence-corrected chi connectivity index (χ3v) is 5.04. The standard InChI is InChI=1S/C20H27N3O4/c24-18(8-9-20(26)22-11-13-27-14-12-22)21-17(16-5-2-1-3-6-16)15-23-10-4-7-19(23)25/h1-3,5-6,17H,4,7-15H2,(H,21,24)/t17-/m1/s1. The normalized spacial score (nSPS) is 18.4. The van der Waals surface area contributed by atoms with E-state index in [-0.39, 0.29) is 36.6 Å². The number of amides is 3. The van der Waals surface area contributed by atoms with Crippen molar-refractivity contribution in [1.29, 1.82) is 0 Å². The van der Waals surface area contributed by atoms with Crippen LogP contribution in [0.3, 0.4) is 0 Å². The Kier molecular flexibility index (Phi) is 6.81. The molecular formula is C20H27N3O4. The van der Waals surface area contributed by atoms with E-state index >= 15 is 0 Å². The fourth-order valence-corrected chi connectivity index (χ4v) is 3.50. The van der Waals surface area contributed by atoms with Gasteiger partial charge in [0.1, 0.15) is 0 Å². The van der Waals surface area contributed by atoms with Gasteiger partial charge in [0.05, 0.1) is 19.3 Å². The summed E-state index contributed by atoms with van der Waals surface area (Å²) in [7, 11) is 0. The van der Waals surface area contributed by atoms with Crippen molar-refractivity contribution in [1.82, 2.24) is 15.1 Å². The molecule has 0 unspecified atom stereocenters. The molecule has 0 radical (unpaired) electrons. The summed E-state index contributed by atoms with van der Waals surface area (Å²) < 4.78 is 5.24. The lowest BCUT2D eigenvalue weighted by atomic mass is 10.1. The van der Waals surface area contributed by atoms with Gasteiger partial charge in [0.15, 0.2) is 0 Å². The first kappa shape index (κ1) is 19.4. The fourth-order valence-electron chi connectivity index (χ4n) is 3.50. The summed E-state index contributed by atoms with van der Waals surface area (Å²) in [6, 6.07) is 9.39. The van der Waals surface area contributed by atoms with Gasteiger partial charge in [-0.15, -0.1) is 0 Å². The van der Waals surface area contributed by atoms with Crippen molar-refractivity contribution in [3.05, 3.63) is 35.9 Å². The van der Waals surface area contributed by atoms with Crippen molar-refractivity contribution < 1.29 is 19.1 Å². The van der Waals surface area contributed by atoms with Crippen LogP contribution in [0.2, 0.25) is 0 Å². The minimum atomic E-state index is -0.265. The number of benzene rings is 1. The smallest absolute Gasteiger partial charge is 0.223 e. The van der Waals surface area contributed by atoms with Gasteiger partial charge in [-0.05, 0) is 12.0 Å². The molecule has 0 saturated carbocycles. The molecule has 27 heavy (non-hydrogen) atoms. The van der Waals surface area contributed by atoms with Crippen LogP contribution in [0.1, 0.15) is 37.3 Å². The second kappa shape index (κ2) is 9.50. The Morgan fingerprint density at radius 1 is 1.07 bits per heavy atom. The summed E-state index contributed by atoms with van der Waals surface area (Å²) in [5.41, 5.74) is 0.963. The molecule has 7 heteroatoms. The molecule has 2 aliphatic rings. The van der Waals surface area contributed by atoms with Crippen molar-refractivity contribution in [2.75, 3.05) is 39.4 Å². The van der Waals surface area contributed by atoms with Crippen LogP contribution in [0.25, 0.3) is 0 Å². The minimum absolute atomic E-state index is 0.0144. The highest BCUT2D eigenvalue weighted by molar-refractivity contribution is 5.84. The number of nitrogens with one attached hydrogen (secondary N) is 1. The molecule has 3 rings (SSSR count).